The van der Waals surface area contributed by atoms with Crippen LogP contribution in [0.3, 0.4) is 0 Å². The van der Waals surface area contributed by atoms with Crippen molar-refractivity contribution in [3.8, 4) is 0 Å². The molecule has 0 saturated heterocycles. The minimum Gasteiger partial charge on any atom is -0.249 e. The van der Waals surface area contributed by atoms with Gasteiger partial charge in [0, 0.05) is 31.1 Å². The van der Waals surface area contributed by atoms with Crippen LogP contribution in [0.15, 0.2) is 24.3 Å². The zero-order valence-corrected chi connectivity index (χ0v) is 15.0. The fourth-order valence-corrected chi connectivity index (χ4v) is 1.88. The SMILES string of the molecule is C.CC(C)c1nc2ccccc2nc1C(C)C.[U]. The summed E-state index contributed by atoms with van der Waals surface area (Å²) in [6.45, 7) is 8.69. The van der Waals surface area contributed by atoms with E-state index in [2.05, 4.69) is 27.7 Å². The van der Waals surface area contributed by atoms with Crippen LogP contribution in [0.1, 0.15) is 58.3 Å². The van der Waals surface area contributed by atoms with E-state index in [0.717, 1.165) is 22.4 Å². The van der Waals surface area contributed by atoms with E-state index >= 15 is 0 Å². The zero-order chi connectivity index (χ0) is 11.7. The predicted octanol–water partition coefficient (Wildman–Crippen LogP) is 4.51. The fraction of sp³-hybridized carbons (Fsp3) is 0.467. The van der Waals surface area contributed by atoms with Crippen LogP contribution in [-0.2, 0) is 0 Å². The Kier molecular flexibility index (Phi) is 7.11. The summed E-state index contributed by atoms with van der Waals surface area (Å²) in [5, 5.41) is 0. The Hall–Kier alpha value is -0.388. The van der Waals surface area contributed by atoms with Crippen LogP contribution < -0.4 is 0 Å². The number of hydrogen-bond donors (Lipinski definition) is 0. The third kappa shape index (κ3) is 3.56. The number of benzene rings is 1. The molecule has 0 radical (unpaired) electrons. The Balaban J connectivity index is 0.00000144. The standard InChI is InChI=1S/C14H18N2.CH4.U/c1-9(2)13-14(10(3)4)16-12-8-6-5-7-11(12)15-13;;/h5-10H,1-4H3;1H4;. The maximum atomic E-state index is 4.73. The molecule has 1 heterocycles. The van der Waals surface area contributed by atoms with E-state index in [0.29, 0.717) is 11.8 Å². The molecule has 96 valence electrons. The van der Waals surface area contributed by atoms with Gasteiger partial charge in [-0.2, -0.15) is 0 Å². The van der Waals surface area contributed by atoms with Crippen molar-refractivity contribution in [2.24, 2.45) is 0 Å². The summed E-state index contributed by atoms with van der Waals surface area (Å²) >= 11 is 0. The minimum atomic E-state index is 0. The molecule has 0 amide bonds. The molecule has 0 aliphatic carbocycles. The maximum absolute atomic E-state index is 4.73. The Morgan fingerprint density at radius 3 is 1.39 bits per heavy atom. The van der Waals surface area contributed by atoms with Crippen LogP contribution in [0.4, 0.5) is 0 Å². The number of nitrogens with zero attached hydrogens (tertiary/aromatic N) is 2. The van der Waals surface area contributed by atoms with Crippen molar-refractivity contribution in [3.63, 3.8) is 0 Å². The Bertz CT molecular complexity index is 460. The van der Waals surface area contributed by atoms with E-state index in [-0.39, 0.29) is 38.5 Å². The summed E-state index contributed by atoms with van der Waals surface area (Å²) < 4.78 is 0. The number of hydrogen-bond acceptors (Lipinski definition) is 2. The second-order valence-electron chi connectivity index (χ2n) is 4.79. The third-order valence-electron chi connectivity index (χ3n) is 2.72. The van der Waals surface area contributed by atoms with Crippen LogP contribution in [0.5, 0.6) is 0 Å². The summed E-state index contributed by atoms with van der Waals surface area (Å²) in [6, 6.07) is 8.07. The van der Waals surface area contributed by atoms with Crippen LogP contribution in [-0.4, -0.2) is 9.97 Å². The van der Waals surface area contributed by atoms with Gasteiger partial charge >= 0.3 is 0 Å². The van der Waals surface area contributed by atoms with Gasteiger partial charge in [0.1, 0.15) is 0 Å². The molecule has 0 spiro atoms. The molecule has 0 saturated carbocycles. The number of rotatable bonds is 2. The Morgan fingerprint density at radius 1 is 0.778 bits per heavy atom. The van der Waals surface area contributed by atoms with E-state index in [9.17, 15) is 0 Å². The quantitative estimate of drug-likeness (QED) is 0.648. The molecule has 0 fully saturated rings. The van der Waals surface area contributed by atoms with Gasteiger partial charge in [-0.1, -0.05) is 47.3 Å². The Labute approximate surface area is 134 Å². The largest absolute Gasteiger partial charge is 0.249 e. The van der Waals surface area contributed by atoms with Crippen molar-refractivity contribution in [3.05, 3.63) is 35.7 Å². The molecule has 1 aromatic heterocycles. The van der Waals surface area contributed by atoms with Crippen molar-refractivity contribution in [1.82, 2.24) is 9.97 Å². The van der Waals surface area contributed by atoms with Gasteiger partial charge in [-0.15, -0.1) is 0 Å². The number of para-hydroxylation sites is 2. The zero-order valence-electron chi connectivity index (χ0n) is 10.9. The average molecular weight is 468 g/mol. The summed E-state index contributed by atoms with van der Waals surface area (Å²) in [4.78, 5) is 9.47. The van der Waals surface area contributed by atoms with Gasteiger partial charge in [0.25, 0.3) is 0 Å². The second-order valence-corrected chi connectivity index (χ2v) is 4.79. The summed E-state index contributed by atoms with van der Waals surface area (Å²) in [5.41, 5.74) is 4.26. The van der Waals surface area contributed by atoms with Crippen LogP contribution in [0.2, 0.25) is 0 Å². The molecule has 0 aliphatic rings. The smallest absolute Gasteiger partial charge is 0.0890 e. The molecule has 3 heteroatoms. The molecule has 0 aliphatic heterocycles. The van der Waals surface area contributed by atoms with E-state index in [1.54, 1.807) is 0 Å². The van der Waals surface area contributed by atoms with Crippen LogP contribution >= 0.6 is 0 Å². The van der Waals surface area contributed by atoms with Gasteiger partial charge in [-0.25, -0.2) is 9.97 Å². The van der Waals surface area contributed by atoms with Crippen molar-refractivity contribution in [2.75, 3.05) is 0 Å². The van der Waals surface area contributed by atoms with E-state index in [4.69, 9.17) is 9.97 Å². The van der Waals surface area contributed by atoms with Crippen molar-refractivity contribution in [1.29, 1.82) is 0 Å². The molecular formula is C15H22N2U. The van der Waals surface area contributed by atoms with Crippen molar-refractivity contribution in [2.45, 2.75) is 47.0 Å². The first-order valence-electron chi connectivity index (χ1n) is 5.86. The molecule has 0 unspecified atom stereocenters. The average Bonchev–Trinajstić information content (AvgIpc) is 2.27. The number of fused-ring (bicyclic) bond motifs is 1. The number of aromatic nitrogens is 2. The summed E-state index contributed by atoms with van der Waals surface area (Å²) in [5.74, 6) is 0.851. The fourth-order valence-electron chi connectivity index (χ4n) is 1.88. The van der Waals surface area contributed by atoms with Gasteiger partial charge in [-0.05, 0) is 24.0 Å². The van der Waals surface area contributed by atoms with Crippen LogP contribution in [0, 0.1) is 31.1 Å². The molecule has 0 bridgehead atoms. The normalized spacial score (nSPS) is 10.3. The molecule has 2 aromatic rings. The van der Waals surface area contributed by atoms with Crippen molar-refractivity contribution >= 4 is 11.0 Å². The van der Waals surface area contributed by atoms with Crippen LogP contribution in [0.25, 0.3) is 11.0 Å². The van der Waals surface area contributed by atoms with Crippen molar-refractivity contribution < 1.29 is 31.1 Å². The predicted molar refractivity (Wildman–Crippen MR) is 74.4 cm³/mol. The topological polar surface area (TPSA) is 25.8 Å². The van der Waals surface area contributed by atoms with Gasteiger partial charge in [0.15, 0.2) is 0 Å². The second kappa shape index (κ2) is 7.26. The third-order valence-corrected chi connectivity index (χ3v) is 2.72. The van der Waals surface area contributed by atoms with E-state index in [1.165, 1.54) is 0 Å². The molecule has 18 heavy (non-hydrogen) atoms. The molecule has 0 N–H and O–H groups in total. The Morgan fingerprint density at radius 2 is 1.11 bits per heavy atom. The molecular weight excluding hydrogens is 446 g/mol. The molecule has 2 rings (SSSR count). The van der Waals surface area contributed by atoms with E-state index < -0.39 is 0 Å². The maximum Gasteiger partial charge on any atom is 0.0890 e. The van der Waals surface area contributed by atoms with E-state index in [1.807, 2.05) is 24.3 Å². The summed E-state index contributed by atoms with van der Waals surface area (Å²) in [7, 11) is 0. The summed E-state index contributed by atoms with van der Waals surface area (Å²) in [6.07, 6.45) is 0. The van der Waals surface area contributed by atoms with Gasteiger partial charge in [0.2, 0.25) is 0 Å². The van der Waals surface area contributed by atoms with Gasteiger partial charge in [0.05, 0.1) is 22.4 Å². The van der Waals surface area contributed by atoms with Gasteiger partial charge in [-0.3, -0.25) is 0 Å². The minimum absolute atomic E-state index is 0. The monoisotopic (exact) mass is 468 g/mol. The first kappa shape index (κ1) is 17.6. The molecule has 2 nitrogen and oxygen atoms in total. The first-order valence-corrected chi connectivity index (χ1v) is 5.86. The molecule has 1 aromatic carbocycles. The van der Waals surface area contributed by atoms with Gasteiger partial charge < -0.3 is 0 Å². The first-order chi connectivity index (χ1) is 7.59. The molecule has 0 atom stereocenters.